The minimum atomic E-state index is -0.179. The van der Waals surface area contributed by atoms with E-state index >= 15 is 0 Å². The zero-order valence-corrected chi connectivity index (χ0v) is 18.8. The molecule has 3 aromatic carbocycles. The number of rotatable bonds is 10. The van der Waals surface area contributed by atoms with E-state index in [1.165, 1.54) is 0 Å². The van der Waals surface area contributed by atoms with E-state index in [1.807, 2.05) is 79.9 Å². The Hall–Kier alpha value is -3.93. The number of ether oxygens (including phenoxy) is 3. The van der Waals surface area contributed by atoms with Gasteiger partial charge in [0.25, 0.3) is 5.91 Å². The first-order valence-corrected chi connectivity index (χ1v) is 11.0. The van der Waals surface area contributed by atoms with Gasteiger partial charge in [-0.2, -0.15) is 0 Å². The Balaban J connectivity index is 1.58. The molecule has 0 bridgehead atoms. The van der Waals surface area contributed by atoms with Crippen LogP contribution in [0.1, 0.15) is 24.0 Å². The van der Waals surface area contributed by atoms with Crippen molar-refractivity contribution in [1.29, 1.82) is 0 Å². The number of aromatic amines is 1. The van der Waals surface area contributed by atoms with Crippen molar-refractivity contribution in [3.05, 3.63) is 90.1 Å². The molecule has 33 heavy (non-hydrogen) atoms. The molecule has 6 heteroatoms. The fourth-order valence-corrected chi connectivity index (χ4v) is 3.90. The van der Waals surface area contributed by atoms with Gasteiger partial charge in [-0.1, -0.05) is 42.5 Å². The summed E-state index contributed by atoms with van der Waals surface area (Å²) in [6.45, 7) is 2.86. The Bertz CT molecular complexity index is 1200. The lowest BCUT2D eigenvalue weighted by Crippen LogP contribution is -2.32. The van der Waals surface area contributed by atoms with Gasteiger partial charge in [-0.05, 0) is 48.4 Å². The largest absolute Gasteiger partial charge is 0.493 e. The molecule has 1 amide bonds. The summed E-state index contributed by atoms with van der Waals surface area (Å²) in [4.78, 5) is 15.9. The summed E-state index contributed by atoms with van der Waals surface area (Å²) < 4.78 is 16.8. The smallest absolute Gasteiger partial charge is 0.257 e. The molecule has 0 aliphatic rings. The number of benzene rings is 3. The summed E-state index contributed by atoms with van der Waals surface area (Å²) in [6, 6.07) is 23.4. The molecule has 0 radical (unpaired) electrons. The van der Waals surface area contributed by atoms with E-state index in [9.17, 15) is 4.79 Å². The molecule has 4 rings (SSSR count). The van der Waals surface area contributed by atoms with Gasteiger partial charge in [0.1, 0.15) is 5.75 Å². The van der Waals surface area contributed by atoms with E-state index in [-0.39, 0.29) is 18.4 Å². The molecule has 4 aromatic rings. The average Bonchev–Trinajstić information content (AvgIpc) is 3.28. The van der Waals surface area contributed by atoms with Crippen molar-refractivity contribution < 1.29 is 19.0 Å². The van der Waals surface area contributed by atoms with Crippen molar-refractivity contribution in [2.75, 3.05) is 26.9 Å². The normalized spacial score (nSPS) is 11.7. The maximum absolute atomic E-state index is 12.6. The zero-order valence-electron chi connectivity index (χ0n) is 18.8. The first-order valence-electron chi connectivity index (χ1n) is 11.0. The Labute approximate surface area is 193 Å². The number of carbonyl (C=O) groups is 1. The summed E-state index contributed by atoms with van der Waals surface area (Å²) in [7, 11) is 1.63. The van der Waals surface area contributed by atoms with Crippen LogP contribution in [0.3, 0.4) is 0 Å². The maximum atomic E-state index is 12.6. The van der Waals surface area contributed by atoms with E-state index in [1.54, 1.807) is 7.11 Å². The van der Waals surface area contributed by atoms with Crippen LogP contribution < -0.4 is 19.5 Å². The molecule has 0 aliphatic heterocycles. The summed E-state index contributed by atoms with van der Waals surface area (Å²) >= 11 is 0. The highest BCUT2D eigenvalue weighted by Crippen LogP contribution is 2.35. The first kappa shape index (κ1) is 22.3. The number of amides is 1. The van der Waals surface area contributed by atoms with Crippen molar-refractivity contribution in [3.63, 3.8) is 0 Å². The number of aromatic nitrogens is 1. The lowest BCUT2D eigenvalue weighted by atomic mass is 9.90. The van der Waals surface area contributed by atoms with Crippen molar-refractivity contribution >= 4 is 16.8 Å². The number of hydrogen-bond acceptors (Lipinski definition) is 4. The van der Waals surface area contributed by atoms with Crippen molar-refractivity contribution in [3.8, 4) is 17.2 Å². The lowest BCUT2D eigenvalue weighted by Gasteiger charge is -2.20. The van der Waals surface area contributed by atoms with Crippen molar-refractivity contribution in [2.24, 2.45) is 0 Å². The Morgan fingerprint density at radius 3 is 2.55 bits per heavy atom. The van der Waals surface area contributed by atoms with Gasteiger partial charge >= 0.3 is 0 Å². The number of hydrogen-bond donors (Lipinski definition) is 2. The molecule has 170 valence electrons. The fourth-order valence-electron chi connectivity index (χ4n) is 3.90. The Morgan fingerprint density at radius 2 is 1.76 bits per heavy atom. The topological polar surface area (TPSA) is 72.6 Å². The molecule has 0 fully saturated rings. The second kappa shape index (κ2) is 10.6. The summed E-state index contributed by atoms with van der Waals surface area (Å²) in [5.41, 5.74) is 3.17. The maximum Gasteiger partial charge on any atom is 0.257 e. The average molecular weight is 445 g/mol. The first-order chi connectivity index (χ1) is 16.2. The fraction of sp³-hybridized carbons (Fsp3) is 0.222. The molecule has 2 N–H and O–H groups in total. The number of para-hydroxylation sites is 2. The van der Waals surface area contributed by atoms with Gasteiger partial charge in [0, 0.05) is 29.6 Å². The molecule has 1 heterocycles. The SMILES string of the molecule is CCOc1ccc(C(CNC(=O)COc2ccccc2)c2c[nH]c3ccccc23)cc1OC. The van der Waals surface area contributed by atoms with Gasteiger partial charge in [-0.25, -0.2) is 0 Å². The van der Waals surface area contributed by atoms with Crippen LogP contribution in [-0.4, -0.2) is 37.8 Å². The Kier molecular flexibility index (Phi) is 7.15. The highest BCUT2D eigenvalue weighted by Gasteiger charge is 2.21. The predicted octanol–water partition coefficient (Wildman–Crippen LogP) is 4.90. The second-order valence-electron chi connectivity index (χ2n) is 7.59. The minimum Gasteiger partial charge on any atom is -0.493 e. The third kappa shape index (κ3) is 5.29. The summed E-state index contributed by atoms with van der Waals surface area (Å²) in [6.07, 6.45) is 2.00. The Morgan fingerprint density at radius 1 is 0.970 bits per heavy atom. The number of fused-ring (bicyclic) bond motifs is 1. The van der Waals surface area contributed by atoms with Crippen LogP contribution in [0.25, 0.3) is 10.9 Å². The zero-order chi connectivity index (χ0) is 23.0. The summed E-state index contributed by atoms with van der Waals surface area (Å²) in [5, 5.41) is 4.15. The molecule has 0 aliphatic carbocycles. The molecule has 0 saturated carbocycles. The van der Waals surface area contributed by atoms with Gasteiger partial charge in [-0.15, -0.1) is 0 Å². The third-order valence-electron chi connectivity index (χ3n) is 5.50. The van der Waals surface area contributed by atoms with E-state index in [2.05, 4.69) is 16.4 Å². The van der Waals surface area contributed by atoms with Crippen molar-refractivity contribution in [1.82, 2.24) is 10.3 Å². The van der Waals surface area contributed by atoms with E-state index in [0.29, 0.717) is 30.4 Å². The van der Waals surface area contributed by atoms with Crippen LogP contribution in [0, 0.1) is 0 Å². The molecule has 0 saturated heterocycles. The van der Waals surface area contributed by atoms with Crippen molar-refractivity contribution in [2.45, 2.75) is 12.8 Å². The molecule has 1 aromatic heterocycles. The van der Waals surface area contributed by atoms with Crippen LogP contribution in [-0.2, 0) is 4.79 Å². The number of H-pyrrole nitrogens is 1. The molecular formula is C27H28N2O4. The van der Waals surface area contributed by atoms with Crippen LogP contribution in [0.15, 0.2) is 79.0 Å². The van der Waals surface area contributed by atoms with E-state index in [0.717, 1.165) is 22.0 Å². The highest BCUT2D eigenvalue weighted by molar-refractivity contribution is 5.84. The van der Waals surface area contributed by atoms with Gasteiger partial charge in [-0.3, -0.25) is 4.79 Å². The molecule has 1 unspecified atom stereocenters. The molecule has 0 spiro atoms. The van der Waals surface area contributed by atoms with Gasteiger partial charge in [0.05, 0.1) is 13.7 Å². The monoisotopic (exact) mass is 444 g/mol. The minimum absolute atomic E-state index is 0.0444. The van der Waals surface area contributed by atoms with Gasteiger partial charge in [0.2, 0.25) is 0 Å². The van der Waals surface area contributed by atoms with Gasteiger partial charge < -0.3 is 24.5 Å². The molecular weight excluding hydrogens is 416 g/mol. The van der Waals surface area contributed by atoms with Crippen LogP contribution >= 0.6 is 0 Å². The summed E-state index contributed by atoms with van der Waals surface area (Å²) in [5.74, 6) is 1.75. The number of carbonyl (C=O) groups excluding carboxylic acids is 1. The number of nitrogens with one attached hydrogen (secondary N) is 2. The second-order valence-corrected chi connectivity index (χ2v) is 7.59. The highest BCUT2D eigenvalue weighted by atomic mass is 16.5. The lowest BCUT2D eigenvalue weighted by molar-refractivity contribution is -0.123. The van der Waals surface area contributed by atoms with Crippen LogP contribution in [0.4, 0.5) is 0 Å². The quantitative estimate of drug-likeness (QED) is 0.365. The van der Waals surface area contributed by atoms with E-state index < -0.39 is 0 Å². The van der Waals surface area contributed by atoms with E-state index in [4.69, 9.17) is 14.2 Å². The number of methoxy groups -OCH3 is 1. The third-order valence-corrected chi connectivity index (χ3v) is 5.50. The standard InChI is InChI=1S/C27H28N2O4/c1-3-32-25-14-13-19(15-26(25)31-2)22(23-17-28-24-12-8-7-11-21(23)24)16-29-27(30)18-33-20-9-5-4-6-10-20/h4-15,17,22,28H,3,16,18H2,1-2H3,(H,29,30). The molecule has 1 atom stereocenters. The molecule has 6 nitrogen and oxygen atoms in total. The van der Waals surface area contributed by atoms with Crippen LogP contribution in [0.5, 0.6) is 17.2 Å². The van der Waals surface area contributed by atoms with Crippen LogP contribution in [0.2, 0.25) is 0 Å². The van der Waals surface area contributed by atoms with Gasteiger partial charge in [0.15, 0.2) is 18.1 Å². The predicted molar refractivity (Wildman–Crippen MR) is 129 cm³/mol.